The Kier molecular flexibility index (Phi) is 7.39. The van der Waals surface area contributed by atoms with Crippen molar-refractivity contribution in [1.29, 1.82) is 0 Å². The molecule has 0 fully saturated rings. The van der Waals surface area contributed by atoms with E-state index in [1.54, 1.807) is 24.8 Å². The molecule has 1 heterocycles. The minimum atomic E-state index is -0.244. The molecular weight excluding hydrogens is 342 g/mol. The van der Waals surface area contributed by atoms with Gasteiger partial charge in [-0.1, -0.05) is 35.5 Å². The van der Waals surface area contributed by atoms with E-state index in [-0.39, 0.29) is 11.7 Å². The van der Waals surface area contributed by atoms with Crippen molar-refractivity contribution in [3.8, 4) is 0 Å². The third kappa shape index (κ3) is 5.42. The number of allylic oxidation sites excluding steroid dienone is 1. The predicted molar refractivity (Wildman–Crippen MR) is 98.3 cm³/mol. The van der Waals surface area contributed by atoms with E-state index in [4.69, 9.17) is 4.74 Å². The van der Waals surface area contributed by atoms with Crippen molar-refractivity contribution in [1.82, 2.24) is 14.8 Å². The van der Waals surface area contributed by atoms with Crippen LogP contribution in [0.3, 0.4) is 0 Å². The van der Waals surface area contributed by atoms with Crippen LogP contribution in [-0.4, -0.2) is 33.1 Å². The van der Waals surface area contributed by atoms with Crippen LogP contribution in [-0.2, 0) is 21.8 Å². The maximum atomic E-state index is 11.5. The van der Waals surface area contributed by atoms with Crippen molar-refractivity contribution in [3.05, 3.63) is 48.3 Å². The van der Waals surface area contributed by atoms with E-state index in [2.05, 4.69) is 48.0 Å². The van der Waals surface area contributed by atoms with Gasteiger partial charge in [0, 0.05) is 11.4 Å². The molecule has 0 aliphatic rings. The van der Waals surface area contributed by atoms with E-state index in [1.165, 1.54) is 22.2 Å². The van der Waals surface area contributed by atoms with Crippen molar-refractivity contribution in [2.24, 2.45) is 0 Å². The Morgan fingerprint density at radius 2 is 2.04 bits per heavy atom. The molecule has 0 amide bonds. The number of ether oxygens (including phenoxy) is 1. The lowest BCUT2D eigenvalue weighted by molar-refractivity contribution is -0.139. The lowest BCUT2D eigenvalue weighted by Gasteiger charge is -2.07. The van der Waals surface area contributed by atoms with Gasteiger partial charge in [-0.05, 0) is 26.0 Å². The summed E-state index contributed by atoms with van der Waals surface area (Å²) in [5.41, 5.74) is 1.24. The molecule has 0 aliphatic carbocycles. The van der Waals surface area contributed by atoms with Gasteiger partial charge in [-0.3, -0.25) is 4.79 Å². The number of rotatable bonds is 9. The van der Waals surface area contributed by atoms with E-state index >= 15 is 0 Å². The number of thioether (sulfide) groups is 2. The molecule has 0 N–H and O–H groups in total. The van der Waals surface area contributed by atoms with Gasteiger partial charge in [0.25, 0.3) is 0 Å². The van der Waals surface area contributed by atoms with Crippen molar-refractivity contribution < 1.29 is 9.53 Å². The molecule has 0 saturated heterocycles. The fourth-order valence-corrected chi connectivity index (χ4v) is 3.56. The van der Waals surface area contributed by atoms with E-state index in [1.807, 2.05) is 4.57 Å². The van der Waals surface area contributed by atoms with Gasteiger partial charge < -0.3 is 9.30 Å². The average Bonchev–Trinajstić information content (AvgIpc) is 2.95. The minimum Gasteiger partial charge on any atom is -0.465 e. The summed E-state index contributed by atoms with van der Waals surface area (Å²) in [7, 11) is 0. The second-order valence-electron chi connectivity index (χ2n) is 4.99. The van der Waals surface area contributed by atoms with Gasteiger partial charge in [-0.2, -0.15) is 0 Å². The molecule has 0 spiro atoms. The molecule has 0 radical (unpaired) electrons. The molecule has 1 aromatic heterocycles. The van der Waals surface area contributed by atoms with Crippen LogP contribution in [0.4, 0.5) is 0 Å². The van der Waals surface area contributed by atoms with Gasteiger partial charge in [0.2, 0.25) is 0 Å². The molecule has 1 aromatic carbocycles. The second-order valence-corrected chi connectivity index (χ2v) is 6.98. The summed E-state index contributed by atoms with van der Waals surface area (Å²) in [4.78, 5) is 12.7. The number of carbonyl (C=O) groups excluding carboxylic acids is 1. The number of esters is 1. The van der Waals surface area contributed by atoms with Crippen LogP contribution < -0.4 is 0 Å². The quantitative estimate of drug-likeness (QED) is 0.384. The number of hydrogen-bond acceptors (Lipinski definition) is 6. The highest BCUT2D eigenvalue weighted by atomic mass is 32.2. The molecule has 2 aromatic rings. The first-order chi connectivity index (χ1) is 11.6. The number of benzene rings is 1. The summed E-state index contributed by atoms with van der Waals surface area (Å²) >= 11 is 3.05. The SMILES string of the molecule is C=CCn1c(CSc2ccc(C)cc2)nnc1SCC(=O)OCC. The molecule has 128 valence electrons. The lowest BCUT2D eigenvalue weighted by atomic mass is 10.2. The maximum Gasteiger partial charge on any atom is 0.316 e. The number of hydrogen-bond donors (Lipinski definition) is 0. The number of aromatic nitrogens is 3. The average molecular weight is 364 g/mol. The summed E-state index contributed by atoms with van der Waals surface area (Å²) in [6.07, 6.45) is 1.80. The van der Waals surface area contributed by atoms with Crippen molar-refractivity contribution in [2.75, 3.05) is 12.4 Å². The standard InChI is InChI=1S/C17H21N3O2S2/c1-4-10-20-15(11-23-14-8-6-13(3)7-9-14)18-19-17(20)24-12-16(21)22-5-2/h4,6-9H,1,5,10-12H2,2-3H3. The first-order valence-corrected chi connectivity index (χ1v) is 9.62. The second kappa shape index (κ2) is 9.54. The number of nitrogens with zero attached hydrogens (tertiary/aromatic N) is 3. The molecule has 0 saturated carbocycles. The van der Waals surface area contributed by atoms with E-state index in [0.29, 0.717) is 24.1 Å². The summed E-state index contributed by atoms with van der Waals surface area (Å²) in [6.45, 7) is 8.65. The maximum absolute atomic E-state index is 11.5. The molecule has 0 unspecified atom stereocenters. The smallest absolute Gasteiger partial charge is 0.316 e. The van der Waals surface area contributed by atoms with Gasteiger partial charge in [0.15, 0.2) is 5.16 Å². The van der Waals surface area contributed by atoms with Crippen molar-refractivity contribution in [2.45, 2.75) is 36.2 Å². The fraction of sp³-hybridized carbons (Fsp3) is 0.353. The Balaban J connectivity index is 2.02. The molecule has 0 aliphatic heterocycles. The van der Waals surface area contributed by atoms with Crippen LogP contribution in [0.5, 0.6) is 0 Å². The van der Waals surface area contributed by atoms with Crippen LogP contribution in [0.25, 0.3) is 0 Å². The van der Waals surface area contributed by atoms with Crippen molar-refractivity contribution in [3.63, 3.8) is 0 Å². The predicted octanol–water partition coefficient (Wildman–Crippen LogP) is 3.72. The zero-order chi connectivity index (χ0) is 17.4. The summed E-state index contributed by atoms with van der Waals surface area (Å²) < 4.78 is 6.93. The van der Waals surface area contributed by atoms with Crippen LogP contribution in [0, 0.1) is 6.92 Å². The highest BCUT2D eigenvalue weighted by molar-refractivity contribution is 7.99. The zero-order valence-corrected chi connectivity index (χ0v) is 15.5. The first kappa shape index (κ1) is 18.6. The highest BCUT2D eigenvalue weighted by Crippen LogP contribution is 2.25. The van der Waals surface area contributed by atoms with Gasteiger partial charge in [-0.25, -0.2) is 0 Å². The minimum absolute atomic E-state index is 0.230. The van der Waals surface area contributed by atoms with Crippen LogP contribution >= 0.6 is 23.5 Å². The molecule has 24 heavy (non-hydrogen) atoms. The molecule has 7 heteroatoms. The van der Waals surface area contributed by atoms with Gasteiger partial charge >= 0.3 is 5.97 Å². The largest absolute Gasteiger partial charge is 0.465 e. The normalized spacial score (nSPS) is 10.6. The topological polar surface area (TPSA) is 57.0 Å². The third-order valence-electron chi connectivity index (χ3n) is 3.12. The van der Waals surface area contributed by atoms with Crippen molar-refractivity contribution >= 4 is 29.5 Å². The van der Waals surface area contributed by atoms with Gasteiger partial charge in [-0.15, -0.1) is 28.5 Å². The fourth-order valence-electron chi connectivity index (χ4n) is 1.95. The lowest BCUT2D eigenvalue weighted by Crippen LogP contribution is -2.08. The highest BCUT2D eigenvalue weighted by Gasteiger charge is 2.14. The van der Waals surface area contributed by atoms with E-state index < -0.39 is 0 Å². The Bertz CT molecular complexity index is 684. The van der Waals surface area contributed by atoms with E-state index in [9.17, 15) is 4.79 Å². The number of aryl methyl sites for hydroxylation is 1. The summed E-state index contributed by atoms with van der Waals surface area (Å²) in [5.74, 6) is 1.57. The molecule has 2 rings (SSSR count). The third-order valence-corrected chi connectivity index (χ3v) is 5.07. The van der Waals surface area contributed by atoms with Crippen LogP contribution in [0.2, 0.25) is 0 Å². The van der Waals surface area contributed by atoms with E-state index in [0.717, 1.165) is 5.82 Å². The zero-order valence-electron chi connectivity index (χ0n) is 13.9. The first-order valence-electron chi connectivity index (χ1n) is 7.65. The molecule has 5 nitrogen and oxygen atoms in total. The van der Waals surface area contributed by atoms with Crippen LogP contribution in [0.15, 0.2) is 47.0 Å². The Labute approximate surface area is 150 Å². The molecular formula is C17H21N3O2S2. The van der Waals surface area contributed by atoms with Crippen LogP contribution in [0.1, 0.15) is 18.3 Å². The van der Waals surface area contributed by atoms with Gasteiger partial charge in [0.1, 0.15) is 5.82 Å². The Morgan fingerprint density at radius 1 is 1.29 bits per heavy atom. The Hall–Kier alpha value is -1.73. The summed E-state index contributed by atoms with van der Waals surface area (Å²) in [6, 6.07) is 8.39. The summed E-state index contributed by atoms with van der Waals surface area (Å²) in [5, 5.41) is 9.17. The Morgan fingerprint density at radius 3 is 2.71 bits per heavy atom. The number of carbonyl (C=O) groups is 1. The molecule has 0 atom stereocenters. The van der Waals surface area contributed by atoms with Gasteiger partial charge in [0.05, 0.1) is 18.1 Å². The molecule has 0 bridgehead atoms. The monoisotopic (exact) mass is 363 g/mol.